The van der Waals surface area contributed by atoms with Crippen LogP contribution in [0.4, 0.5) is 0 Å². The molecule has 1 unspecified atom stereocenters. The SMILES string of the molecule is C=CCOC(=O)CC(CCCCCCCCCCCCC/C=C/CCCCCCCCCCCC)C(=O)O. The number of esters is 1. The van der Waals surface area contributed by atoms with Crippen LogP contribution in [-0.2, 0) is 14.3 Å². The first-order valence-corrected chi connectivity index (χ1v) is 16.3. The van der Waals surface area contributed by atoms with Gasteiger partial charge < -0.3 is 9.84 Å². The number of ether oxygens (including phenoxy) is 1. The van der Waals surface area contributed by atoms with Crippen molar-refractivity contribution in [2.45, 2.75) is 167 Å². The van der Waals surface area contributed by atoms with Gasteiger partial charge in [0.1, 0.15) is 6.61 Å². The molecular weight excluding hydrogens is 472 g/mol. The van der Waals surface area contributed by atoms with Crippen LogP contribution in [0.2, 0.25) is 0 Å². The van der Waals surface area contributed by atoms with Crippen molar-refractivity contribution in [2.75, 3.05) is 6.61 Å². The maximum absolute atomic E-state index is 11.6. The van der Waals surface area contributed by atoms with Crippen LogP contribution in [0.3, 0.4) is 0 Å². The average Bonchev–Trinajstić information content (AvgIpc) is 2.91. The fraction of sp³-hybridized carbons (Fsp3) is 0.824. The van der Waals surface area contributed by atoms with Crippen molar-refractivity contribution >= 4 is 11.9 Å². The molecule has 222 valence electrons. The van der Waals surface area contributed by atoms with E-state index < -0.39 is 17.9 Å². The van der Waals surface area contributed by atoms with Gasteiger partial charge in [0, 0.05) is 0 Å². The van der Waals surface area contributed by atoms with Crippen LogP contribution < -0.4 is 0 Å². The molecule has 0 radical (unpaired) electrons. The minimum absolute atomic E-state index is 0.0428. The fourth-order valence-corrected chi connectivity index (χ4v) is 4.95. The summed E-state index contributed by atoms with van der Waals surface area (Å²) in [7, 11) is 0. The van der Waals surface area contributed by atoms with E-state index in [1.165, 1.54) is 134 Å². The lowest BCUT2D eigenvalue weighted by atomic mass is 9.97. The Morgan fingerprint density at radius 1 is 0.658 bits per heavy atom. The molecule has 0 saturated heterocycles. The van der Waals surface area contributed by atoms with Crippen LogP contribution in [0.15, 0.2) is 24.8 Å². The second kappa shape index (κ2) is 30.0. The lowest BCUT2D eigenvalue weighted by Gasteiger charge is -2.11. The highest BCUT2D eigenvalue weighted by atomic mass is 16.5. The zero-order valence-electron chi connectivity index (χ0n) is 25.1. The zero-order chi connectivity index (χ0) is 27.9. The number of carbonyl (C=O) groups is 2. The molecule has 0 bridgehead atoms. The maximum atomic E-state index is 11.6. The van der Waals surface area contributed by atoms with E-state index in [1.807, 2.05) is 0 Å². The lowest BCUT2D eigenvalue weighted by molar-refractivity contribution is -0.151. The van der Waals surface area contributed by atoms with E-state index in [1.54, 1.807) is 0 Å². The second-order valence-corrected chi connectivity index (χ2v) is 11.1. The first kappa shape index (κ1) is 36.4. The molecule has 0 aromatic carbocycles. The Balaban J connectivity index is 3.35. The minimum atomic E-state index is -0.902. The quantitative estimate of drug-likeness (QED) is 0.0565. The number of carboxylic acids is 1. The first-order chi connectivity index (χ1) is 18.6. The maximum Gasteiger partial charge on any atom is 0.307 e. The van der Waals surface area contributed by atoms with Crippen LogP contribution in [0.1, 0.15) is 167 Å². The van der Waals surface area contributed by atoms with Gasteiger partial charge in [0.05, 0.1) is 12.3 Å². The molecule has 0 spiro atoms. The average molecular weight is 535 g/mol. The molecule has 4 heteroatoms. The summed E-state index contributed by atoms with van der Waals surface area (Å²) in [5.74, 6) is -1.98. The van der Waals surface area contributed by atoms with Crippen molar-refractivity contribution in [1.29, 1.82) is 0 Å². The number of aliphatic carboxylic acids is 1. The van der Waals surface area contributed by atoms with Crippen LogP contribution in [0, 0.1) is 5.92 Å². The van der Waals surface area contributed by atoms with Crippen molar-refractivity contribution in [2.24, 2.45) is 5.92 Å². The number of hydrogen-bond acceptors (Lipinski definition) is 3. The van der Waals surface area contributed by atoms with Crippen molar-refractivity contribution in [3.63, 3.8) is 0 Å². The Kier molecular flexibility index (Phi) is 28.7. The molecule has 0 aromatic rings. The third-order valence-electron chi connectivity index (χ3n) is 7.44. The van der Waals surface area contributed by atoms with Gasteiger partial charge in [-0.25, -0.2) is 0 Å². The van der Waals surface area contributed by atoms with Gasteiger partial charge in [-0.05, 0) is 32.1 Å². The molecule has 38 heavy (non-hydrogen) atoms. The summed E-state index contributed by atoms with van der Waals surface area (Å²) in [6.45, 7) is 5.92. The van der Waals surface area contributed by atoms with Crippen molar-refractivity contribution < 1.29 is 19.4 Å². The van der Waals surface area contributed by atoms with Crippen molar-refractivity contribution in [1.82, 2.24) is 0 Å². The predicted molar refractivity (Wildman–Crippen MR) is 163 cm³/mol. The Morgan fingerprint density at radius 3 is 1.45 bits per heavy atom. The van der Waals surface area contributed by atoms with Crippen molar-refractivity contribution in [3.8, 4) is 0 Å². The van der Waals surface area contributed by atoms with Gasteiger partial charge in [0.25, 0.3) is 0 Å². The summed E-state index contributed by atoms with van der Waals surface area (Å²) in [6.07, 6.45) is 37.1. The van der Waals surface area contributed by atoms with Gasteiger partial charge >= 0.3 is 11.9 Å². The number of rotatable bonds is 30. The molecule has 4 nitrogen and oxygen atoms in total. The third-order valence-corrected chi connectivity index (χ3v) is 7.44. The standard InChI is InChI=1S/C34H62O4/c1-3-5-6-7-8-9-10-11-12-13-14-15-16-17-18-19-20-21-22-23-24-25-26-27-28-29-32(34(36)37)31-33(35)38-30-4-2/h4,15-16,32H,2-3,5-14,17-31H2,1H3,(H,36,37)/b16-15+. The number of allylic oxidation sites excluding steroid dienone is 2. The number of unbranched alkanes of at least 4 members (excludes halogenated alkanes) is 21. The number of hydrogen-bond donors (Lipinski definition) is 1. The van der Waals surface area contributed by atoms with E-state index in [9.17, 15) is 14.7 Å². The lowest BCUT2D eigenvalue weighted by Crippen LogP contribution is -2.19. The van der Waals surface area contributed by atoms with E-state index in [0.29, 0.717) is 6.42 Å². The van der Waals surface area contributed by atoms with E-state index in [0.717, 1.165) is 19.3 Å². The minimum Gasteiger partial charge on any atom is -0.481 e. The zero-order valence-corrected chi connectivity index (χ0v) is 25.1. The molecule has 0 saturated carbocycles. The topological polar surface area (TPSA) is 63.6 Å². The molecule has 0 aliphatic rings. The van der Waals surface area contributed by atoms with Crippen LogP contribution in [0.25, 0.3) is 0 Å². The van der Waals surface area contributed by atoms with Crippen LogP contribution in [-0.4, -0.2) is 23.7 Å². The molecule has 0 rings (SSSR count). The Morgan fingerprint density at radius 2 is 1.05 bits per heavy atom. The molecule has 0 amide bonds. The second-order valence-electron chi connectivity index (χ2n) is 11.1. The molecule has 0 aliphatic carbocycles. The van der Waals surface area contributed by atoms with Gasteiger partial charge in [-0.1, -0.05) is 154 Å². The monoisotopic (exact) mass is 534 g/mol. The van der Waals surface area contributed by atoms with Gasteiger partial charge in [0.2, 0.25) is 0 Å². The molecule has 0 heterocycles. The van der Waals surface area contributed by atoms with E-state index >= 15 is 0 Å². The first-order valence-electron chi connectivity index (χ1n) is 16.3. The van der Waals surface area contributed by atoms with Gasteiger partial charge in [0.15, 0.2) is 0 Å². The molecular formula is C34H62O4. The Labute approximate surface area is 236 Å². The predicted octanol–water partition coefficient (Wildman–Crippen LogP) is 10.7. The molecule has 0 aromatic heterocycles. The highest BCUT2D eigenvalue weighted by Gasteiger charge is 2.21. The van der Waals surface area contributed by atoms with E-state index in [-0.39, 0.29) is 13.0 Å². The molecule has 0 aliphatic heterocycles. The summed E-state index contributed by atoms with van der Waals surface area (Å²) in [4.78, 5) is 23.0. The summed E-state index contributed by atoms with van der Waals surface area (Å²) < 4.78 is 4.91. The normalized spacial score (nSPS) is 12.1. The summed E-state index contributed by atoms with van der Waals surface area (Å²) in [6, 6.07) is 0. The van der Waals surface area contributed by atoms with Crippen molar-refractivity contribution in [3.05, 3.63) is 24.8 Å². The van der Waals surface area contributed by atoms with E-state index in [4.69, 9.17) is 4.74 Å². The highest BCUT2D eigenvalue weighted by molar-refractivity contribution is 5.78. The molecule has 0 fully saturated rings. The van der Waals surface area contributed by atoms with Gasteiger partial charge in [-0.3, -0.25) is 9.59 Å². The number of carboxylic acid groups (broad SMARTS) is 1. The van der Waals surface area contributed by atoms with Gasteiger partial charge in [-0.15, -0.1) is 0 Å². The fourth-order valence-electron chi connectivity index (χ4n) is 4.95. The Bertz CT molecular complexity index is 569. The Hall–Kier alpha value is -1.58. The largest absolute Gasteiger partial charge is 0.481 e. The third kappa shape index (κ3) is 27.5. The summed E-state index contributed by atoms with van der Waals surface area (Å²) >= 11 is 0. The summed E-state index contributed by atoms with van der Waals surface area (Å²) in [5, 5.41) is 9.30. The molecule has 1 N–H and O–H groups in total. The highest BCUT2D eigenvalue weighted by Crippen LogP contribution is 2.18. The van der Waals surface area contributed by atoms with Gasteiger partial charge in [-0.2, -0.15) is 0 Å². The number of carbonyl (C=O) groups excluding carboxylic acids is 1. The van der Waals surface area contributed by atoms with Crippen LogP contribution in [0.5, 0.6) is 0 Å². The van der Waals surface area contributed by atoms with Crippen LogP contribution >= 0.6 is 0 Å². The van der Waals surface area contributed by atoms with E-state index in [2.05, 4.69) is 25.7 Å². The summed E-state index contributed by atoms with van der Waals surface area (Å²) in [5.41, 5.74) is 0. The molecule has 1 atom stereocenters. The smallest absolute Gasteiger partial charge is 0.307 e.